The largest absolute Gasteiger partial charge is 0.396 e. The number of carbonyl (C=O) groups is 2. The fourth-order valence-corrected chi connectivity index (χ4v) is 1.69. The number of nitrogens with two attached hydrogens (primary N) is 1. The van der Waals surface area contributed by atoms with Crippen molar-refractivity contribution < 1.29 is 14.7 Å². The van der Waals surface area contributed by atoms with Crippen molar-refractivity contribution in [3.05, 3.63) is 29.8 Å². The molecule has 0 heterocycles. The third-order valence-corrected chi connectivity index (χ3v) is 2.65. The molecule has 0 saturated heterocycles. The summed E-state index contributed by atoms with van der Waals surface area (Å²) in [6, 6.07) is 5.87. The summed E-state index contributed by atoms with van der Waals surface area (Å²) in [5, 5.41) is 11.2. The average molecular weight is 265 g/mol. The van der Waals surface area contributed by atoms with E-state index in [4.69, 9.17) is 10.8 Å². The minimum Gasteiger partial charge on any atom is -0.396 e. The van der Waals surface area contributed by atoms with Crippen molar-refractivity contribution in [2.75, 3.05) is 25.0 Å². The monoisotopic (exact) mass is 265 g/mol. The van der Waals surface area contributed by atoms with Crippen LogP contribution in [0.25, 0.3) is 0 Å². The molecule has 0 atom stereocenters. The van der Waals surface area contributed by atoms with Crippen molar-refractivity contribution in [2.24, 2.45) is 5.73 Å². The molecule has 0 saturated carbocycles. The first-order valence-electron chi connectivity index (χ1n) is 6.15. The number of urea groups is 1. The Labute approximate surface area is 112 Å². The molecule has 0 fully saturated rings. The molecule has 1 rings (SSSR count). The number of aliphatic hydroxyl groups is 1. The van der Waals surface area contributed by atoms with Crippen LogP contribution in [-0.4, -0.2) is 41.6 Å². The maximum Gasteiger partial charge on any atom is 0.316 e. The van der Waals surface area contributed by atoms with Crippen LogP contribution in [0, 0.1) is 0 Å². The van der Waals surface area contributed by atoms with Gasteiger partial charge in [-0.05, 0) is 37.6 Å². The van der Waals surface area contributed by atoms with Crippen molar-refractivity contribution in [1.82, 2.24) is 4.90 Å². The van der Waals surface area contributed by atoms with Crippen LogP contribution >= 0.6 is 0 Å². The third-order valence-electron chi connectivity index (χ3n) is 2.65. The fourth-order valence-electron chi connectivity index (χ4n) is 1.69. The number of nitrogens with zero attached hydrogens (tertiary/aromatic N) is 1. The topological polar surface area (TPSA) is 95.7 Å². The smallest absolute Gasteiger partial charge is 0.316 e. The van der Waals surface area contributed by atoms with Gasteiger partial charge in [-0.3, -0.25) is 4.79 Å². The molecular formula is C13H19N3O3. The minimum atomic E-state index is -0.641. The van der Waals surface area contributed by atoms with Crippen molar-refractivity contribution >= 4 is 17.6 Å². The van der Waals surface area contributed by atoms with E-state index in [0.29, 0.717) is 30.8 Å². The van der Waals surface area contributed by atoms with Gasteiger partial charge in [0.2, 0.25) is 0 Å². The molecule has 6 heteroatoms. The summed E-state index contributed by atoms with van der Waals surface area (Å²) in [4.78, 5) is 24.5. The second-order valence-corrected chi connectivity index (χ2v) is 4.03. The van der Waals surface area contributed by atoms with Crippen molar-refractivity contribution in [3.63, 3.8) is 0 Å². The second-order valence-electron chi connectivity index (χ2n) is 4.03. The lowest BCUT2D eigenvalue weighted by molar-refractivity contribution is 0.0754. The highest BCUT2D eigenvalue weighted by molar-refractivity contribution is 5.95. The predicted octanol–water partition coefficient (Wildman–Crippen LogP) is 1.02. The highest BCUT2D eigenvalue weighted by Gasteiger charge is 2.13. The summed E-state index contributed by atoms with van der Waals surface area (Å²) in [5.74, 6) is -0.0958. The maximum atomic E-state index is 12.1. The molecule has 0 radical (unpaired) electrons. The first-order chi connectivity index (χ1) is 9.08. The molecule has 0 bridgehead atoms. The number of aliphatic hydroxyl groups excluding tert-OH is 1. The number of benzene rings is 1. The number of primary amides is 1. The summed E-state index contributed by atoms with van der Waals surface area (Å²) < 4.78 is 0. The summed E-state index contributed by atoms with van der Waals surface area (Å²) in [6.45, 7) is 3.05. The molecule has 1 aromatic carbocycles. The van der Waals surface area contributed by atoms with Crippen LogP contribution in [0.15, 0.2) is 24.3 Å². The van der Waals surface area contributed by atoms with Crippen LogP contribution in [0.5, 0.6) is 0 Å². The van der Waals surface area contributed by atoms with E-state index < -0.39 is 6.03 Å². The predicted molar refractivity (Wildman–Crippen MR) is 72.9 cm³/mol. The first-order valence-corrected chi connectivity index (χ1v) is 6.15. The Hall–Kier alpha value is -2.08. The molecule has 0 aromatic heterocycles. The number of rotatable bonds is 6. The lowest BCUT2D eigenvalue weighted by Crippen LogP contribution is -2.32. The Morgan fingerprint density at radius 1 is 1.32 bits per heavy atom. The molecule has 0 aliphatic rings. The van der Waals surface area contributed by atoms with Gasteiger partial charge in [-0.25, -0.2) is 4.79 Å². The third kappa shape index (κ3) is 4.59. The number of anilines is 1. The lowest BCUT2D eigenvalue weighted by Gasteiger charge is -2.20. The van der Waals surface area contributed by atoms with Crippen LogP contribution in [0.3, 0.4) is 0 Å². The molecule has 1 aromatic rings. The van der Waals surface area contributed by atoms with Gasteiger partial charge in [0, 0.05) is 30.9 Å². The Morgan fingerprint density at radius 3 is 2.42 bits per heavy atom. The Morgan fingerprint density at radius 2 is 1.95 bits per heavy atom. The van der Waals surface area contributed by atoms with Gasteiger partial charge in [-0.2, -0.15) is 0 Å². The van der Waals surface area contributed by atoms with Crippen LogP contribution in [0.2, 0.25) is 0 Å². The van der Waals surface area contributed by atoms with E-state index in [1.807, 2.05) is 6.92 Å². The van der Waals surface area contributed by atoms with E-state index in [0.717, 1.165) is 0 Å². The molecule has 0 unspecified atom stereocenters. The van der Waals surface area contributed by atoms with Crippen molar-refractivity contribution in [1.29, 1.82) is 0 Å². The molecular weight excluding hydrogens is 246 g/mol. The van der Waals surface area contributed by atoms with Crippen LogP contribution in [0.1, 0.15) is 23.7 Å². The zero-order valence-electron chi connectivity index (χ0n) is 10.9. The van der Waals surface area contributed by atoms with Gasteiger partial charge in [-0.1, -0.05) is 0 Å². The number of amides is 3. The SMILES string of the molecule is CCN(CCCO)C(=O)c1ccc(NC(N)=O)cc1. The van der Waals surface area contributed by atoms with E-state index in [1.165, 1.54) is 0 Å². The molecule has 0 aliphatic carbocycles. The molecule has 104 valence electrons. The van der Waals surface area contributed by atoms with Gasteiger partial charge < -0.3 is 21.1 Å². The Balaban J connectivity index is 2.73. The summed E-state index contributed by atoms with van der Waals surface area (Å²) in [6.07, 6.45) is 0.556. The number of carbonyl (C=O) groups excluding carboxylic acids is 2. The number of hydrogen-bond donors (Lipinski definition) is 3. The maximum absolute atomic E-state index is 12.1. The summed E-state index contributed by atoms with van der Waals surface area (Å²) in [7, 11) is 0. The van der Waals surface area contributed by atoms with Crippen molar-refractivity contribution in [3.8, 4) is 0 Å². The molecule has 19 heavy (non-hydrogen) atoms. The summed E-state index contributed by atoms with van der Waals surface area (Å²) >= 11 is 0. The molecule has 0 aliphatic heterocycles. The Kier molecular flexibility index (Phi) is 5.81. The van der Waals surface area contributed by atoms with Gasteiger partial charge in [0.25, 0.3) is 5.91 Å². The Bertz CT molecular complexity index is 431. The van der Waals surface area contributed by atoms with Gasteiger partial charge >= 0.3 is 6.03 Å². The van der Waals surface area contributed by atoms with Gasteiger partial charge in [0.05, 0.1) is 0 Å². The standard InChI is InChI=1S/C13H19N3O3/c1-2-16(8-3-9-17)12(18)10-4-6-11(7-5-10)15-13(14)19/h4-7,17H,2-3,8-9H2,1H3,(H3,14,15,19). The fraction of sp³-hybridized carbons (Fsp3) is 0.385. The zero-order valence-corrected chi connectivity index (χ0v) is 10.9. The zero-order chi connectivity index (χ0) is 14.3. The van der Waals surface area contributed by atoms with Crippen molar-refractivity contribution in [2.45, 2.75) is 13.3 Å². The quantitative estimate of drug-likeness (QED) is 0.716. The molecule has 6 nitrogen and oxygen atoms in total. The van der Waals surface area contributed by atoms with E-state index in [9.17, 15) is 9.59 Å². The molecule has 0 spiro atoms. The number of hydrogen-bond acceptors (Lipinski definition) is 3. The van der Waals surface area contributed by atoms with Crippen LogP contribution in [-0.2, 0) is 0 Å². The summed E-state index contributed by atoms with van der Waals surface area (Å²) in [5.41, 5.74) is 6.08. The van der Waals surface area contributed by atoms with E-state index in [-0.39, 0.29) is 12.5 Å². The molecule has 4 N–H and O–H groups in total. The minimum absolute atomic E-state index is 0.0608. The normalized spacial score (nSPS) is 10.0. The van der Waals surface area contributed by atoms with Gasteiger partial charge in [0.15, 0.2) is 0 Å². The van der Waals surface area contributed by atoms with E-state index in [2.05, 4.69) is 5.32 Å². The van der Waals surface area contributed by atoms with E-state index in [1.54, 1.807) is 29.2 Å². The molecule has 3 amide bonds. The highest BCUT2D eigenvalue weighted by atomic mass is 16.3. The van der Waals surface area contributed by atoms with Gasteiger partial charge in [0.1, 0.15) is 0 Å². The van der Waals surface area contributed by atoms with Crippen LogP contribution in [0.4, 0.5) is 10.5 Å². The van der Waals surface area contributed by atoms with Gasteiger partial charge in [-0.15, -0.1) is 0 Å². The first kappa shape index (κ1) is 15.0. The van der Waals surface area contributed by atoms with Crippen LogP contribution < -0.4 is 11.1 Å². The number of nitrogens with one attached hydrogen (secondary N) is 1. The second kappa shape index (κ2) is 7.38. The lowest BCUT2D eigenvalue weighted by atomic mass is 10.1. The highest BCUT2D eigenvalue weighted by Crippen LogP contribution is 2.11. The van der Waals surface area contributed by atoms with E-state index >= 15 is 0 Å². The average Bonchev–Trinajstić information content (AvgIpc) is 2.39.